The zero-order valence-electron chi connectivity index (χ0n) is 40.4. The van der Waals surface area contributed by atoms with Crippen LogP contribution in [-0.2, 0) is 28.8 Å². The Kier molecular flexibility index (Phi) is 13.5. The molecule has 2 atom stereocenters. The second kappa shape index (κ2) is 20.0. The number of hydrogen-bond acceptors (Lipinski definition) is 9. The van der Waals surface area contributed by atoms with Crippen LogP contribution in [-0.4, -0.2) is 77.8 Å². The molecule has 14 nitrogen and oxygen atoms in total. The van der Waals surface area contributed by atoms with Crippen molar-refractivity contribution in [2.75, 3.05) is 43.5 Å². The van der Waals surface area contributed by atoms with Gasteiger partial charge in [-0.2, -0.15) is 5.10 Å². The summed E-state index contributed by atoms with van der Waals surface area (Å²) in [4.78, 5) is 54.7. The predicted octanol–water partition coefficient (Wildman–Crippen LogP) is 9.28. The van der Waals surface area contributed by atoms with Crippen molar-refractivity contribution in [1.29, 1.82) is 0 Å². The van der Waals surface area contributed by atoms with Gasteiger partial charge in [-0.1, -0.05) is 67.1 Å². The van der Waals surface area contributed by atoms with E-state index in [1.54, 1.807) is 4.68 Å². The predicted molar refractivity (Wildman–Crippen MR) is 271 cm³/mol. The standard InChI is InChI=1S/C55H57ClF2N8O6/c1-31-46-44(28-41(57)49(56)48(46)47-40(51(59)68)18-19-43(71-3)50(47)58)72-55(31,36-9-5-4-6-10-36)30-60-37-15-12-34(13-16-37)53(69)61-38-11-7-8-32(26-38)29-65-23-20-33(21-24-65)35-14-17-39-42(27-35)64(2)63-52(39)66-25-22-45(67)62-54(66)70/h4-11,14,17-19,26-28,31,33-34,37,60H,12-13,15-16,20-25,29-30H2,1-3H3,(H2,59,68)(H,61,69)(H,62,67,70)/t31-,34?,37?,55-/m0/s1. The number of nitrogens with zero attached hydrogens (tertiary/aromatic N) is 4. The smallest absolute Gasteiger partial charge is 0.329 e. The Morgan fingerprint density at radius 3 is 2.42 bits per heavy atom. The van der Waals surface area contributed by atoms with E-state index in [1.807, 2.05) is 62.5 Å². The zero-order chi connectivity index (χ0) is 50.4. The maximum atomic E-state index is 16.2. The molecule has 72 heavy (non-hydrogen) atoms. The summed E-state index contributed by atoms with van der Waals surface area (Å²) < 4.78 is 45.9. The number of anilines is 2. The Morgan fingerprint density at radius 2 is 1.69 bits per heavy atom. The molecular formula is C55H57ClF2N8O6. The molecule has 10 rings (SSSR count). The molecule has 4 aliphatic rings. The third kappa shape index (κ3) is 9.15. The van der Waals surface area contributed by atoms with E-state index in [1.165, 1.54) is 35.8 Å². The van der Waals surface area contributed by atoms with Gasteiger partial charge in [-0.15, -0.1) is 0 Å². The highest BCUT2D eigenvalue weighted by molar-refractivity contribution is 6.34. The highest BCUT2D eigenvalue weighted by Gasteiger charge is 2.50. The number of likely N-dealkylation sites (tertiary alicyclic amines) is 1. The van der Waals surface area contributed by atoms with Gasteiger partial charge in [-0.25, -0.2) is 13.6 Å². The molecule has 1 aromatic heterocycles. The molecule has 6 aromatic rings. The number of halogens is 3. The molecular weight excluding hydrogens is 942 g/mol. The van der Waals surface area contributed by atoms with Crippen LogP contribution in [0, 0.1) is 17.6 Å². The summed E-state index contributed by atoms with van der Waals surface area (Å²) >= 11 is 6.70. The third-order valence-electron chi connectivity index (χ3n) is 15.3. The Labute approximate surface area is 421 Å². The number of carbonyl (C=O) groups is 4. The lowest BCUT2D eigenvalue weighted by molar-refractivity contribution is -0.121. The summed E-state index contributed by atoms with van der Waals surface area (Å²) in [6.07, 6.45) is 5.05. The van der Waals surface area contributed by atoms with Crippen LogP contribution in [0.5, 0.6) is 11.5 Å². The minimum Gasteiger partial charge on any atom is -0.494 e. The Balaban J connectivity index is 0.755. The number of rotatable bonds is 13. The number of nitrogens with two attached hydrogens (primary N) is 1. The lowest BCUT2D eigenvalue weighted by Crippen LogP contribution is -2.49. The monoisotopic (exact) mass is 998 g/mol. The Hall–Kier alpha value is -6.88. The second-order valence-corrected chi connectivity index (χ2v) is 19.9. The van der Waals surface area contributed by atoms with Crippen molar-refractivity contribution in [1.82, 2.24) is 25.3 Å². The first kappa shape index (κ1) is 48.7. The highest BCUT2D eigenvalue weighted by Crippen LogP contribution is 2.56. The van der Waals surface area contributed by atoms with Crippen molar-refractivity contribution >= 4 is 57.8 Å². The summed E-state index contributed by atoms with van der Waals surface area (Å²) in [5, 5.41) is 14.5. The first-order valence-corrected chi connectivity index (χ1v) is 25.0. The molecule has 3 aliphatic heterocycles. The van der Waals surface area contributed by atoms with Gasteiger partial charge in [0.05, 0.1) is 23.2 Å². The first-order valence-electron chi connectivity index (χ1n) is 24.6. The summed E-state index contributed by atoms with van der Waals surface area (Å²) in [5.74, 6) is -2.66. The Morgan fingerprint density at radius 1 is 0.931 bits per heavy atom. The Bertz CT molecular complexity index is 3100. The molecule has 17 heteroatoms. The summed E-state index contributed by atoms with van der Waals surface area (Å²) in [6, 6.07) is 27.5. The van der Waals surface area contributed by atoms with Gasteiger partial charge in [-0.05, 0) is 111 Å². The number of piperidine rings is 1. The highest BCUT2D eigenvalue weighted by atomic mass is 35.5. The molecule has 0 radical (unpaired) electrons. The third-order valence-corrected chi connectivity index (χ3v) is 15.7. The van der Waals surface area contributed by atoms with Gasteiger partial charge in [0.25, 0.3) is 0 Å². The minimum atomic E-state index is -1.09. The van der Waals surface area contributed by atoms with E-state index in [9.17, 15) is 19.2 Å². The minimum absolute atomic E-state index is 0.00582. The molecule has 2 saturated heterocycles. The van der Waals surface area contributed by atoms with Crippen LogP contribution in [0.2, 0.25) is 5.02 Å². The van der Waals surface area contributed by atoms with Crippen LogP contribution in [0.1, 0.15) is 96.3 Å². The number of imide groups is 1. The summed E-state index contributed by atoms with van der Waals surface area (Å²) in [7, 11) is 3.17. The lowest BCUT2D eigenvalue weighted by atomic mass is 9.77. The van der Waals surface area contributed by atoms with Gasteiger partial charge in [0, 0.05) is 84.8 Å². The fourth-order valence-corrected chi connectivity index (χ4v) is 11.6. The first-order chi connectivity index (χ1) is 34.7. The van der Waals surface area contributed by atoms with Crippen LogP contribution in [0.3, 0.4) is 0 Å². The molecule has 5 N–H and O–H groups in total. The molecule has 0 unspecified atom stereocenters. The summed E-state index contributed by atoms with van der Waals surface area (Å²) in [6.45, 7) is 5.14. The van der Waals surface area contributed by atoms with Gasteiger partial charge >= 0.3 is 6.03 Å². The van der Waals surface area contributed by atoms with Crippen molar-refractivity contribution in [3.63, 3.8) is 0 Å². The van der Waals surface area contributed by atoms with E-state index >= 15 is 8.78 Å². The number of nitrogens with one attached hydrogen (secondary N) is 3. The van der Waals surface area contributed by atoms with Crippen LogP contribution in [0.25, 0.3) is 22.0 Å². The molecule has 0 spiro atoms. The van der Waals surface area contributed by atoms with Crippen LogP contribution in [0.15, 0.2) is 91.0 Å². The number of primary amides is 1. The normalized spacial score (nSPS) is 21.6. The summed E-state index contributed by atoms with van der Waals surface area (Å²) in [5.41, 5.74) is 9.56. The van der Waals surface area contributed by atoms with E-state index in [0.29, 0.717) is 43.2 Å². The fraction of sp³-hybridized carbons (Fsp3) is 0.364. The van der Waals surface area contributed by atoms with E-state index in [4.69, 9.17) is 26.8 Å². The average Bonchev–Trinajstić information content (AvgIpc) is 3.86. The number of ether oxygens (including phenoxy) is 2. The van der Waals surface area contributed by atoms with Gasteiger partial charge in [-0.3, -0.25) is 34.2 Å². The fourth-order valence-electron chi connectivity index (χ4n) is 11.4. The van der Waals surface area contributed by atoms with Crippen LogP contribution in [0.4, 0.5) is 25.1 Å². The van der Waals surface area contributed by atoms with Crippen molar-refractivity contribution in [3.05, 3.63) is 135 Å². The SMILES string of the molecule is COc1ccc(C(N)=O)c(-c2c(Cl)c(F)cc3c2[C@H](C)[C@@](CNC2CCC(C(=O)Nc4cccc(CN5CCC(c6ccc7c(N8CCC(=O)NC8=O)nn(C)c7c6)CC5)c4)CC2)(c2ccccc2)O3)c1F. The van der Waals surface area contributed by atoms with Gasteiger partial charge in [0.2, 0.25) is 17.7 Å². The van der Waals surface area contributed by atoms with Gasteiger partial charge in [0.1, 0.15) is 11.6 Å². The van der Waals surface area contributed by atoms with E-state index in [2.05, 4.69) is 50.2 Å². The number of hydrogen-bond donors (Lipinski definition) is 4. The molecule has 1 saturated carbocycles. The number of fused-ring (bicyclic) bond motifs is 2. The lowest BCUT2D eigenvalue weighted by Gasteiger charge is -2.37. The number of urea groups is 1. The largest absolute Gasteiger partial charge is 0.494 e. The maximum Gasteiger partial charge on any atom is 0.329 e. The number of methoxy groups -OCH3 is 1. The van der Waals surface area contributed by atoms with E-state index in [-0.39, 0.29) is 63.4 Å². The van der Waals surface area contributed by atoms with Crippen molar-refractivity contribution in [3.8, 4) is 22.6 Å². The van der Waals surface area contributed by atoms with Crippen LogP contribution < -0.4 is 36.1 Å². The van der Waals surface area contributed by atoms with Crippen molar-refractivity contribution < 1.29 is 37.4 Å². The van der Waals surface area contributed by atoms with E-state index < -0.39 is 35.1 Å². The zero-order valence-corrected chi connectivity index (χ0v) is 41.2. The quantitative estimate of drug-likeness (QED) is 0.0880. The number of aryl methyl sites for hydroxylation is 1. The molecule has 5 amide bonds. The number of amides is 5. The molecule has 374 valence electrons. The maximum absolute atomic E-state index is 16.2. The molecule has 4 heterocycles. The molecule has 0 bridgehead atoms. The van der Waals surface area contributed by atoms with Crippen LogP contribution >= 0.6 is 11.6 Å². The number of aromatic nitrogens is 2. The molecule has 1 aliphatic carbocycles. The van der Waals surface area contributed by atoms with Crippen molar-refractivity contribution in [2.45, 2.75) is 81.9 Å². The van der Waals surface area contributed by atoms with Gasteiger partial charge < -0.3 is 25.8 Å². The molecule has 3 fully saturated rings. The van der Waals surface area contributed by atoms with Crippen molar-refractivity contribution in [2.24, 2.45) is 18.7 Å². The van der Waals surface area contributed by atoms with Gasteiger partial charge in [0.15, 0.2) is 23.0 Å². The molecule has 5 aromatic carbocycles. The topological polar surface area (TPSA) is 173 Å². The average molecular weight is 1000 g/mol. The number of benzene rings is 5. The van der Waals surface area contributed by atoms with E-state index in [0.717, 1.165) is 73.0 Å². The number of carbonyl (C=O) groups excluding carboxylic acids is 4. The second-order valence-electron chi connectivity index (χ2n) is 19.6.